The second-order valence-corrected chi connectivity index (χ2v) is 7.09. The summed E-state index contributed by atoms with van der Waals surface area (Å²) < 4.78 is 2.01. The van der Waals surface area contributed by atoms with Crippen molar-refractivity contribution in [2.24, 2.45) is 0 Å². The fourth-order valence-corrected chi connectivity index (χ4v) is 3.47. The van der Waals surface area contributed by atoms with Crippen molar-refractivity contribution in [3.05, 3.63) is 60.0 Å². The number of hydrogen-bond acceptors (Lipinski definition) is 4. The van der Waals surface area contributed by atoms with E-state index in [-0.39, 0.29) is 17.9 Å². The molecule has 0 saturated carbocycles. The number of pyridine rings is 1. The highest BCUT2D eigenvalue weighted by molar-refractivity contribution is 5.96. The number of amides is 2. The molecule has 0 radical (unpaired) electrons. The monoisotopic (exact) mass is 377 g/mol. The maximum atomic E-state index is 12.6. The molecular weight excluding hydrogens is 354 g/mol. The lowest BCUT2D eigenvalue weighted by Gasteiger charge is -2.15. The average molecular weight is 377 g/mol. The Kier molecular flexibility index (Phi) is 5.32. The third-order valence-electron chi connectivity index (χ3n) is 5.07. The zero-order valence-electron chi connectivity index (χ0n) is 15.6. The molecule has 2 aromatic heterocycles. The molecule has 3 heterocycles. The van der Waals surface area contributed by atoms with Gasteiger partial charge in [0.15, 0.2) is 5.65 Å². The van der Waals surface area contributed by atoms with Crippen molar-refractivity contribution in [3.8, 4) is 0 Å². The number of carbonyl (C=O) groups is 2. The molecule has 1 saturated heterocycles. The van der Waals surface area contributed by atoms with Crippen LogP contribution in [0.2, 0.25) is 0 Å². The first-order chi connectivity index (χ1) is 13.7. The molecule has 1 atom stereocenters. The van der Waals surface area contributed by atoms with Gasteiger partial charge in [0, 0.05) is 31.7 Å². The van der Waals surface area contributed by atoms with Crippen LogP contribution in [-0.2, 0) is 17.8 Å². The van der Waals surface area contributed by atoms with Crippen LogP contribution in [-0.4, -0.2) is 38.9 Å². The molecular formula is C21H23N5O2. The summed E-state index contributed by atoms with van der Waals surface area (Å²) in [6.45, 7) is 1.37. The van der Waals surface area contributed by atoms with Crippen molar-refractivity contribution in [1.82, 2.24) is 25.2 Å². The third kappa shape index (κ3) is 4.19. The van der Waals surface area contributed by atoms with Gasteiger partial charge in [-0.1, -0.05) is 30.3 Å². The van der Waals surface area contributed by atoms with E-state index in [1.807, 2.05) is 22.8 Å². The Bertz CT molecular complexity index is 983. The van der Waals surface area contributed by atoms with Gasteiger partial charge in [-0.25, -0.2) is 9.97 Å². The van der Waals surface area contributed by atoms with E-state index >= 15 is 0 Å². The predicted molar refractivity (Wildman–Crippen MR) is 106 cm³/mol. The fraction of sp³-hybridized carbons (Fsp3) is 0.333. The number of fused-ring (bicyclic) bond motifs is 1. The quantitative estimate of drug-likeness (QED) is 0.712. The Morgan fingerprint density at radius 2 is 2.07 bits per heavy atom. The van der Waals surface area contributed by atoms with Crippen LogP contribution in [0.25, 0.3) is 11.2 Å². The molecule has 1 aliphatic heterocycles. The number of carbonyl (C=O) groups excluding carboxylic acids is 2. The van der Waals surface area contributed by atoms with Gasteiger partial charge in [-0.3, -0.25) is 9.59 Å². The lowest BCUT2D eigenvalue weighted by molar-refractivity contribution is -0.120. The van der Waals surface area contributed by atoms with Gasteiger partial charge in [0.05, 0.1) is 11.9 Å². The molecule has 1 unspecified atom stereocenters. The van der Waals surface area contributed by atoms with Crippen LogP contribution in [0.4, 0.5) is 0 Å². The fourth-order valence-electron chi connectivity index (χ4n) is 3.47. The van der Waals surface area contributed by atoms with E-state index in [1.165, 1.54) is 5.56 Å². The van der Waals surface area contributed by atoms with E-state index in [0.717, 1.165) is 25.0 Å². The number of nitrogens with one attached hydrogen (secondary N) is 2. The molecule has 0 spiro atoms. The van der Waals surface area contributed by atoms with E-state index in [2.05, 4.69) is 32.7 Å². The third-order valence-corrected chi connectivity index (χ3v) is 5.07. The average Bonchev–Trinajstić information content (AvgIpc) is 3.02. The van der Waals surface area contributed by atoms with Crippen molar-refractivity contribution < 1.29 is 9.59 Å². The molecule has 2 amide bonds. The maximum absolute atomic E-state index is 12.6. The van der Waals surface area contributed by atoms with Gasteiger partial charge in [-0.15, -0.1) is 0 Å². The number of aryl methyl sites for hydroxylation is 2. The summed E-state index contributed by atoms with van der Waals surface area (Å²) in [5, 5.41) is 5.83. The van der Waals surface area contributed by atoms with E-state index in [0.29, 0.717) is 30.5 Å². The van der Waals surface area contributed by atoms with E-state index < -0.39 is 0 Å². The van der Waals surface area contributed by atoms with Crippen molar-refractivity contribution in [2.75, 3.05) is 6.54 Å². The smallest absolute Gasteiger partial charge is 0.253 e. The van der Waals surface area contributed by atoms with Gasteiger partial charge in [0.25, 0.3) is 5.91 Å². The molecule has 1 fully saturated rings. The lowest BCUT2D eigenvalue weighted by Crippen LogP contribution is -2.35. The number of hydrogen-bond donors (Lipinski definition) is 2. The molecule has 144 valence electrons. The lowest BCUT2D eigenvalue weighted by atomic mass is 10.1. The van der Waals surface area contributed by atoms with Crippen LogP contribution in [0.1, 0.15) is 35.2 Å². The van der Waals surface area contributed by atoms with Crippen molar-refractivity contribution in [2.45, 2.75) is 38.3 Å². The highest BCUT2D eigenvalue weighted by atomic mass is 16.2. The van der Waals surface area contributed by atoms with Crippen LogP contribution in [0.15, 0.2) is 48.9 Å². The van der Waals surface area contributed by atoms with Gasteiger partial charge >= 0.3 is 0 Å². The minimum Gasteiger partial charge on any atom is -0.356 e. The Labute approximate surface area is 163 Å². The van der Waals surface area contributed by atoms with Crippen molar-refractivity contribution in [3.63, 3.8) is 0 Å². The largest absolute Gasteiger partial charge is 0.356 e. The summed E-state index contributed by atoms with van der Waals surface area (Å²) in [4.78, 5) is 32.9. The van der Waals surface area contributed by atoms with Gasteiger partial charge in [-0.05, 0) is 30.9 Å². The van der Waals surface area contributed by atoms with Gasteiger partial charge < -0.3 is 15.2 Å². The molecule has 3 aromatic rings. The molecule has 2 N–H and O–H groups in total. The number of rotatable bonds is 5. The molecule has 0 bridgehead atoms. The standard InChI is InChI=1S/C21H23N5O2/c27-19-7-6-17(8-10-22-19)25-21(28)16-12-18-20(23-13-16)26(14-24-18)11-9-15-4-2-1-3-5-15/h1-5,12-14,17H,6-11H2,(H,22,27)(H,25,28). The predicted octanol–water partition coefficient (Wildman–Crippen LogP) is 2.07. The molecule has 0 aliphatic carbocycles. The SMILES string of the molecule is O=C1CCC(NC(=O)c2cnc3c(c2)ncn3CCc2ccccc2)CCN1. The summed E-state index contributed by atoms with van der Waals surface area (Å²) in [5.41, 5.74) is 3.23. The summed E-state index contributed by atoms with van der Waals surface area (Å²) in [6.07, 6.45) is 6.09. The van der Waals surface area contributed by atoms with E-state index in [9.17, 15) is 9.59 Å². The number of benzene rings is 1. The molecule has 1 aliphatic rings. The Morgan fingerprint density at radius 3 is 2.93 bits per heavy atom. The first kappa shape index (κ1) is 18.2. The molecule has 28 heavy (non-hydrogen) atoms. The first-order valence-corrected chi connectivity index (χ1v) is 9.61. The summed E-state index contributed by atoms with van der Waals surface area (Å²) in [6, 6.07) is 12.0. The van der Waals surface area contributed by atoms with Crippen LogP contribution in [0.5, 0.6) is 0 Å². The van der Waals surface area contributed by atoms with Gasteiger partial charge in [0.1, 0.15) is 5.52 Å². The summed E-state index contributed by atoms with van der Waals surface area (Å²) in [7, 11) is 0. The topological polar surface area (TPSA) is 88.9 Å². The molecule has 4 rings (SSSR count). The summed E-state index contributed by atoms with van der Waals surface area (Å²) in [5.74, 6) is -0.131. The highest BCUT2D eigenvalue weighted by Gasteiger charge is 2.19. The maximum Gasteiger partial charge on any atom is 0.253 e. The van der Waals surface area contributed by atoms with E-state index in [1.54, 1.807) is 18.6 Å². The summed E-state index contributed by atoms with van der Waals surface area (Å²) >= 11 is 0. The van der Waals surface area contributed by atoms with Gasteiger partial charge in [0.2, 0.25) is 5.91 Å². The van der Waals surface area contributed by atoms with Crippen LogP contribution < -0.4 is 10.6 Å². The minimum atomic E-state index is -0.174. The number of nitrogens with zero attached hydrogens (tertiary/aromatic N) is 3. The normalized spacial score (nSPS) is 17.1. The number of aromatic nitrogens is 3. The highest BCUT2D eigenvalue weighted by Crippen LogP contribution is 2.14. The zero-order chi connectivity index (χ0) is 19.3. The second kappa shape index (κ2) is 8.21. The molecule has 7 nitrogen and oxygen atoms in total. The molecule has 1 aromatic carbocycles. The van der Waals surface area contributed by atoms with Crippen LogP contribution >= 0.6 is 0 Å². The Balaban J connectivity index is 1.43. The number of imidazole rings is 1. The first-order valence-electron chi connectivity index (χ1n) is 9.61. The van der Waals surface area contributed by atoms with Crippen LogP contribution in [0.3, 0.4) is 0 Å². The zero-order valence-corrected chi connectivity index (χ0v) is 15.6. The van der Waals surface area contributed by atoms with E-state index in [4.69, 9.17) is 0 Å². The van der Waals surface area contributed by atoms with Gasteiger partial charge in [-0.2, -0.15) is 0 Å². The van der Waals surface area contributed by atoms with Crippen LogP contribution in [0, 0.1) is 0 Å². The van der Waals surface area contributed by atoms with Crippen molar-refractivity contribution in [1.29, 1.82) is 0 Å². The van der Waals surface area contributed by atoms with Crippen molar-refractivity contribution >= 4 is 23.0 Å². The Morgan fingerprint density at radius 1 is 1.21 bits per heavy atom. The molecule has 7 heteroatoms. The Hall–Kier alpha value is -3.22. The second-order valence-electron chi connectivity index (χ2n) is 7.09. The minimum absolute atomic E-state index is 0.00873.